The Bertz CT molecular complexity index is 1460. The molecule has 0 saturated heterocycles. The summed E-state index contributed by atoms with van der Waals surface area (Å²) >= 11 is 1.32. The minimum atomic E-state index is -0.686. The van der Waals surface area contributed by atoms with Crippen LogP contribution in [0.15, 0.2) is 78.0 Å². The number of nitro groups is 2. The predicted octanol–water partition coefficient (Wildman–Crippen LogP) is 5.01. The molecule has 4 rings (SSSR count). The zero-order valence-corrected chi connectivity index (χ0v) is 20.1. The van der Waals surface area contributed by atoms with E-state index in [4.69, 9.17) is 0 Å². The van der Waals surface area contributed by atoms with Crippen LogP contribution in [-0.4, -0.2) is 30.5 Å². The van der Waals surface area contributed by atoms with E-state index in [9.17, 15) is 29.4 Å². The summed E-state index contributed by atoms with van der Waals surface area (Å²) in [5.74, 6) is -0.109. The molecule has 13 heteroatoms. The van der Waals surface area contributed by atoms with E-state index in [1.165, 1.54) is 60.3 Å². The first-order chi connectivity index (χ1) is 17.7. The highest BCUT2D eigenvalue weighted by atomic mass is 32.2. The smallest absolute Gasteiger partial charge is 0.270 e. The number of nitro benzene ring substituents is 2. The Morgan fingerprint density at radius 3 is 2.32 bits per heavy atom. The zero-order chi connectivity index (χ0) is 26.5. The number of rotatable bonds is 9. The van der Waals surface area contributed by atoms with E-state index in [2.05, 4.69) is 15.5 Å². The summed E-state index contributed by atoms with van der Waals surface area (Å²) < 4.78 is 14.9. The maximum Gasteiger partial charge on any atom is 0.270 e. The number of thioether (sulfide) groups is 1. The molecule has 0 bridgehead atoms. The van der Waals surface area contributed by atoms with Crippen molar-refractivity contribution < 1.29 is 19.0 Å². The van der Waals surface area contributed by atoms with Crippen molar-refractivity contribution in [1.82, 2.24) is 20.1 Å². The molecule has 0 radical (unpaired) electrons. The van der Waals surface area contributed by atoms with Crippen molar-refractivity contribution in [2.45, 2.75) is 23.9 Å². The lowest BCUT2D eigenvalue weighted by Crippen LogP contribution is -2.28. The number of nitrogens with one attached hydrogen (secondary N) is 1. The number of hydrogen-bond acceptors (Lipinski definition) is 8. The van der Waals surface area contributed by atoms with Crippen LogP contribution < -0.4 is 5.32 Å². The summed E-state index contributed by atoms with van der Waals surface area (Å²) in [7, 11) is 0. The number of benzene rings is 3. The van der Waals surface area contributed by atoms with Gasteiger partial charge in [0.1, 0.15) is 5.82 Å². The second-order valence-corrected chi connectivity index (χ2v) is 8.81. The van der Waals surface area contributed by atoms with Crippen LogP contribution in [0.1, 0.15) is 34.7 Å². The van der Waals surface area contributed by atoms with Gasteiger partial charge in [0.15, 0.2) is 11.0 Å². The maximum atomic E-state index is 13.3. The first kappa shape index (κ1) is 25.4. The van der Waals surface area contributed by atoms with Gasteiger partial charge in [-0.2, -0.15) is 0 Å². The monoisotopic (exact) mass is 522 g/mol. The molecule has 0 aliphatic carbocycles. The van der Waals surface area contributed by atoms with Gasteiger partial charge < -0.3 is 5.32 Å². The highest BCUT2D eigenvalue weighted by molar-refractivity contribution is 7.98. The largest absolute Gasteiger partial charge is 0.342 e. The van der Waals surface area contributed by atoms with E-state index in [1.807, 2.05) is 0 Å². The zero-order valence-electron chi connectivity index (χ0n) is 19.3. The Kier molecular flexibility index (Phi) is 7.53. The van der Waals surface area contributed by atoms with Gasteiger partial charge in [0, 0.05) is 41.3 Å². The Morgan fingerprint density at radius 2 is 1.68 bits per heavy atom. The fraction of sp³-hybridized carbons (Fsp3) is 0.125. The topological polar surface area (TPSA) is 146 Å². The first-order valence-corrected chi connectivity index (χ1v) is 11.8. The van der Waals surface area contributed by atoms with Gasteiger partial charge in [-0.1, -0.05) is 30.0 Å². The number of nitrogens with zero attached hydrogens (tertiary/aromatic N) is 5. The number of non-ortho nitro benzene ring substituents is 2. The molecule has 11 nitrogen and oxygen atoms in total. The Morgan fingerprint density at radius 1 is 1.00 bits per heavy atom. The highest BCUT2D eigenvalue weighted by Gasteiger charge is 2.23. The van der Waals surface area contributed by atoms with E-state index >= 15 is 0 Å². The van der Waals surface area contributed by atoms with Gasteiger partial charge in [-0.25, -0.2) is 4.39 Å². The minimum Gasteiger partial charge on any atom is -0.342 e. The van der Waals surface area contributed by atoms with Gasteiger partial charge in [-0.05, 0) is 42.8 Å². The molecule has 0 aliphatic rings. The van der Waals surface area contributed by atoms with E-state index in [0.717, 1.165) is 5.56 Å². The van der Waals surface area contributed by atoms with Crippen LogP contribution >= 0.6 is 11.8 Å². The van der Waals surface area contributed by atoms with Gasteiger partial charge in [-0.15, -0.1) is 10.2 Å². The molecule has 1 unspecified atom stereocenters. The molecule has 0 spiro atoms. The minimum absolute atomic E-state index is 0.0917. The van der Waals surface area contributed by atoms with Crippen LogP contribution in [0.5, 0.6) is 0 Å². The van der Waals surface area contributed by atoms with Gasteiger partial charge >= 0.3 is 0 Å². The standard InChI is InChI=1S/C24H19FN6O5S/c1-15(26-23(32)17-3-2-4-21(13-17)31(35)36)22-27-28-24(37-14-16-5-7-18(25)8-6-16)29(22)19-9-11-20(12-10-19)30(33)34/h2-13,15H,14H2,1H3,(H,26,32). The third-order valence-electron chi connectivity index (χ3n) is 5.31. The van der Waals surface area contributed by atoms with Crippen molar-refractivity contribution in [2.75, 3.05) is 0 Å². The molecule has 3 aromatic carbocycles. The van der Waals surface area contributed by atoms with E-state index in [-0.39, 0.29) is 22.8 Å². The normalized spacial score (nSPS) is 11.6. The molecule has 1 heterocycles. The summed E-state index contributed by atoms with van der Waals surface area (Å²) in [6.45, 7) is 1.68. The lowest BCUT2D eigenvalue weighted by molar-refractivity contribution is -0.385. The molecule has 1 aromatic heterocycles. The van der Waals surface area contributed by atoms with Crippen LogP contribution in [0.2, 0.25) is 0 Å². The maximum absolute atomic E-state index is 13.3. The number of aromatic nitrogens is 3. The summed E-state index contributed by atoms with van der Waals surface area (Å²) in [6.07, 6.45) is 0. The Balaban J connectivity index is 1.63. The predicted molar refractivity (Wildman–Crippen MR) is 133 cm³/mol. The first-order valence-electron chi connectivity index (χ1n) is 10.9. The fourth-order valence-electron chi connectivity index (χ4n) is 3.45. The second kappa shape index (κ2) is 11.0. The van der Waals surface area contributed by atoms with Crippen molar-refractivity contribution >= 4 is 29.0 Å². The average molecular weight is 523 g/mol. The summed E-state index contributed by atoms with van der Waals surface area (Å²) in [5.41, 5.74) is 1.18. The number of carbonyl (C=O) groups is 1. The van der Waals surface area contributed by atoms with E-state index < -0.39 is 21.8 Å². The van der Waals surface area contributed by atoms with Gasteiger partial charge in [0.05, 0.1) is 15.9 Å². The molecule has 1 N–H and O–H groups in total. The summed E-state index contributed by atoms with van der Waals surface area (Å²) in [4.78, 5) is 33.9. The number of hydrogen-bond donors (Lipinski definition) is 1. The molecule has 37 heavy (non-hydrogen) atoms. The number of amides is 1. The molecule has 4 aromatic rings. The Hall–Kier alpha value is -4.65. The molecular weight excluding hydrogens is 503 g/mol. The van der Waals surface area contributed by atoms with Crippen LogP contribution in [0, 0.1) is 26.0 Å². The van der Waals surface area contributed by atoms with Crippen molar-refractivity contribution in [1.29, 1.82) is 0 Å². The SMILES string of the molecule is CC(NC(=O)c1cccc([N+](=O)[O-])c1)c1nnc(SCc2ccc(F)cc2)n1-c1ccc([N+](=O)[O-])cc1. The lowest BCUT2D eigenvalue weighted by atomic mass is 10.1. The van der Waals surface area contributed by atoms with Crippen LogP contribution in [-0.2, 0) is 5.75 Å². The third-order valence-corrected chi connectivity index (χ3v) is 6.31. The van der Waals surface area contributed by atoms with Crippen molar-refractivity contribution in [3.63, 3.8) is 0 Å². The lowest BCUT2D eigenvalue weighted by Gasteiger charge is -2.16. The van der Waals surface area contributed by atoms with Crippen molar-refractivity contribution in [3.05, 3.63) is 116 Å². The summed E-state index contributed by atoms with van der Waals surface area (Å²) in [6, 6.07) is 16.4. The second-order valence-electron chi connectivity index (χ2n) is 7.87. The summed E-state index contributed by atoms with van der Waals surface area (Å²) in [5, 5.41) is 33.9. The van der Waals surface area contributed by atoms with Gasteiger partial charge in [0.25, 0.3) is 17.3 Å². The van der Waals surface area contributed by atoms with Crippen molar-refractivity contribution in [3.8, 4) is 5.69 Å². The molecule has 188 valence electrons. The quantitative estimate of drug-likeness (QED) is 0.183. The van der Waals surface area contributed by atoms with Crippen molar-refractivity contribution in [2.24, 2.45) is 0 Å². The molecule has 0 fully saturated rings. The van der Waals surface area contributed by atoms with Crippen LogP contribution in [0.4, 0.5) is 15.8 Å². The third kappa shape index (κ3) is 5.95. The highest BCUT2D eigenvalue weighted by Crippen LogP contribution is 2.29. The van der Waals surface area contributed by atoms with Gasteiger partial charge in [0.2, 0.25) is 0 Å². The van der Waals surface area contributed by atoms with E-state index in [0.29, 0.717) is 22.4 Å². The van der Waals surface area contributed by atoms with E-state index in [1.54, 1.807) is 35.8 Å². The number of carbonyl (C=O) groups excluding carboxylic acids is 1. The molecule has 0 saturated carbocycles. The van der Waals surface area contributed by atoms with Gasteiger partial charge in [-0.3, -0.25) is 29.6 Å². The average Bonchev–Trinajstić information content (AvgIpc) is 3.32. The molecule has 0 aliphatic heterocycles. The van der Waals surface area contributed by atoms with Crippen LogP contribution in [0.25, 0.3) is 5.69 Å². The fourth-order valence-corrected chi connectivity index (χ4v) is 4.37. The number of halogens is 1. The molecular formula is C24H19FN6O5S. The van der Waals surface area contributed by atoms with Crippen LogP contribution in [0.3, 0.4) is 0 Å². The Labute approximate surface area is 213 Å². The molecule has 1 amide bonds. The molecule has 1 atom stereocenters.